The first-order chi connectivity index (χ1) is 14.0. The smallest absolute Gasteiger partial charge is 0.267 e. The fraction of sp³-hybridized carbons (Fsp3) is 0.150. The summed E-state index contributed by atoms with van der Waals surface area (Å²) in [6.07, 6.45) is 6.38. The molecule has 0 unspecified atom stereocenters. The second-order valence-corrected chi connectivity index (χ2v) is 7.23. The van der Waals surface area contributed by atoms with E-state index in [2.05, 4.69) is 16.6 Å². The fourth-order valence-electron chi connectivity index (χ4n) is 2.59. The van der Waals surface area contributed by atoms with E-state index in [0.29, 0.717) is 32.9 Å². The number of amidine groups is 1. The van der Waals surface area contributed by atoms with Crippen LogP contribution in [0.3, 0.4) is 0 Å². The van der Waals surface area contributed by atoms with Gasteiger partial charge in [0.1, 0.15) is 0 Å². The summed E-state index contributed by atoms with van der Waals surface area (Å²) in [6.45, 7) is 4.01. The minimum Gasteiger partial charge on any atom is -0.502 e. The Labute approximate surface area is 177 Å². The number of carbonyl (C=O) groups is 1. The van der Waals surface area contributed by atoms with E-state index in [-0.39, 0.29) is 23.2 Å². The summed E-state index contributed by atoms with van der Waals surface area (Å²) in [5.41, 5.74) is 1.15. The number of ether oxygens (including phenoxy) is 2. The van der Waals surface area contributed by atoms with Crippen LogP contribution >= 0.6 is 23.4 Å². The van der Waals surface area contributed by atoms with Crippen LogP contribution in [0.1, 0.15) is 5.56 Å². The standard InChI is InChI=1S/C20H18ClN3O4S/c1-4-7-24-19(26)17(29-20(24)23-14-5-6-22-11-13(14)21)10-12-8-15(27-2)18(25)16(9-12)28-3/h4-6,8-11,25H,1,7H2,2-3H3/b17-10-,23-20?. The topological polar surface area (TPSA) is 84.2 Å². The van der Waals surface area contributed by atoms with Crippen LogP contribution in [0.25, 0.3) is 6.08 Å². The molecule has 2 heterocycles. The highest BCUT2D eigenvalue weighted by Gasteiger charge is 2.33. The van der Waals surface area contributed by atoms with Gasteiger partial charge >= 0.3 is 0 Å². The molecule has 7 nitrogen and oxygen atoms in total. The third-order valence-corrected chi connectivity index (χ3v) is 5.26. The number of hydrogen-bond donors (Lipinski definition) is 1. The van der Waals surface area contributed by atoms with Crippen LogP contribution in [0.4, 0.5) is 5.69 Å². The highest BCUT2D eigenvalue weighted by atomic mass is 35.5. The van der Waals surface area contributed by atoms with Crippen molar-refractivity contribution >= 4 is 46.2 Å². The molecule has 1 saturated heterocycles. The van der Waals surface area contributed by atoms with E-state index >= 15 is 0 Å². The van der Waals surface area contributed by atoms with Gasteiger partial charge in [0.05, 0.1) is 29.8 Å². The van der Waals surface area contributed by atoms with Crippen LogP contribution in [0.5, 0.6) is 17.2 Å². The largest absolute Gasteiger partial charge is 0.502 e. The zero-order valence-electron chi connectivity index (χ0n) is 15.8. The zero-order chi connectivity index (χ0) is 21.0. The van der Waals surface area contributed by atoms with Crippen molar-refractivity contribution in [1.29, 1.82) is 0 Å². The van der Waals surface area contributed by atoms with Crippen LogP contribution in [0.2, 0.25) is 5.02 Å². The van der Waals surface area contributed by atoms with Crippen LogP contribution in [0.15, 0.2) is 53.1 Å². The van der Waals surface area contributed by atoms with Gasteiger partial charge in [0.25, 0.3) is 5.91 Å². The Morgan fingerprint density at radius 1 is 1.34 bits per heavy atom. The van der Waals surface area contributed by atoms with Crippen molar-refractivity contribution in [2.45, 2.75) is 0 Å². The molecule has 9 heteroatoms. The second-order valence-electron chi connectivity index (χ2n) is 5.81. The maximum absolute atomic E-state index is 12.9. The molecule has 1 aromatic heterocycles. The number of aliphatic imine (C=N–C) groups is 1. The van der Waals surface area contributed by atoms with Crippen LogP contribution in [0, 0.1) is 0 Å². The minimum atomic E-state index is -0.218. The molecule has 150 valence electrons. The first kappa shape index (κ1) is 20.8. The Balaban J connectivity index is 2.02. The average molecular weight is 432 g/mol. The predicted octanol–water partition coefficient (Wildman–Crippen LogP) is 4.25. The number of phenolic OH excluding ortho intramolecular Hbond substituents is 1. The molecule has 0 aliphatic carbocycles. The molecule has 1 N–H and O–H groups in total. The van der Waals surface area contributed by atoms with Gasteiger partial charge < -0.3 is 14.6 Å². The lowest BCUT2D eigenvalue weighted by atomic mass is 10.1. The monoisotopic (exact) mass is 431 g/mol. The molecule has 0 spiro atoms. The lowest BCUT2D eigenvalue weighted by Crippen LogP contribution is -2.29. The second kappa shape index (κ2) is 9.02. The van der Waals surface area contributed by atoms with Crippen molar-refractivity contribution in [1.82, 2.24) is 9.88 Å². The van der Waals surface area contributed by atoms with E-state index in [9.17, 15) is 9.90 Å². The molecule has 29 heavy (non-hydrogen) atoms. The van der Waals surface area contributed by atoms with E-state index in [1.165, 1.54) is 37.1 Å². The third kappa shape index (κ3) is 4.38. The maximum atomic E-state index is 12.9. The van der Waals surface area contributed by atoms with E-state index < -0.39 is 0 Å². The Hall–Kier alpha value is -2.97. The summed E-state index contributed by atoms with van der Waals surface area (Å²) in [5.74, 6) is 0.161. The Morgan fingerprint density at radius 3 is 2.62 bits per heavy atom. The summed E-state index contributed by atoms with van der Waals surface area (Å²) in [4.78, 5) is 23.3. The quantitative estimate of drug-likeness (QED) is 0.543. The van der Waals surface area contributed by atoms with Crippen molar-refractivity contribution in [3.05, 3.63) is 58.7 Å². The van der Waals surface area contributed by atoms with Gasteiger partial charge in [-0.2, -0.15) is 0 Å². The number of pyridine rings is 1. The van der Waals surface area contributed by atoms with E-state index in [0.717, 1.165) is 0 Å². The van der Waals surface area contributed by atoms with Crippen LogP contribution < -0.4 is 9.47 Å². The molecule has 1 aliphatic heterocycles. The van der Waals surface area contributed by atoms with Crippen LogP contribution in [-0.2, 0) is 4.79 Å². The number of carbonyl (C=O) groups excluding carboxylic acids is 1. The number of benzene rings is 1. The molecule has 0 saturated carbocycles. The SMILES string of the molecule is C=CCN1C(=O)/C(=C/c2cc(OC)c(O)c(OC)c2)SC1=Nc1ccncc1Cl. The highest BCUT2D eigenvalue weighted by Crippen LogP contribution is 2.40. The maximum Gasteiger partial charge on any atom is 0.267 e. The lowest BCUT2D eigenvalue weighted by Gasteiger charge is -2.12. The number of thioether (sulfide) groups is 1. The molecule has 1 fully saturated rings. The van der Waals surface area contributed by atoms with Gasteiger partial charge in [-0.25, -0.2) is 4.99 Å². The summed E-state index contributed by atoms with van der Waals surface area (Å²) >= 11 is 7.36. The summed E-state index contributed by atoms with van der Waals surface area (Å²) < 4.78 is 10.3. The Morgan fingerprint density at radius 2 is 2.03 bits per heavy atom. The number of aromatic nitrogens is 1. The minimum absolute atomic E-state index is 0.106. The number of aromatic hydroxyl groups is 1. The van der Waals surface area contributed by atoms with Crippen molar-refractivity contribution in [2.75, 3.05) is 20.8 Å². The van der Waals surface area contributed by atoms with Gasteiger partial charge in [0.15, 0.2) is 16.7 Å². The summed E-state index contributed by atoms with van der Waals surface area (Å²) in [6, 6.07) is 4.90. The number of nitrogens with zero attached hydrogens (tertiary/aromatic N) is 3. The fourth-order valence-corrected chi connectivity index (χ4v) is 3.75. The Kier molecular flexibility index (Phi) is 6.46. The molecular formula is C20H18ClN3O4S. The van der Waals surface area contributed by atoms with E-state index in [4.69, 9.17) is 21.1 Å². The normalized spacial score (nSPS) is 16.5. The molecule has 2 aromatic rings. The first-order valence-corrected chi connectivity index (χ1v) is 9.63. The van der Waals surface area contributed by atoms with Crippen molar-refractivity contribution in [3.8, 4) is 17.2 Å². The van der Waals surface area contributed by atoms with Gasteiger partial charge in [-0.1, -0.05) is 17.7 Å². The molecule has 0 bridgehead atoms. The molecule has 0 atom stereocenters. The summed E-state index contributed by atoms with van der Waals surface area (Å²) in [5, 5.41) is 10.9. The highest BCUT2D eigenvalue weighted by molar-refractivity contribution is 8.18. The van der Waals surface area contributed by atoms with E-state index in [1.807, 2.05) is 0 Å². The van der Waals surface area contributed by atoms with Crippen molar-refractivity contribution in [2.24, 2.45) is 4.99 Å². The number of halogens is 1. The molecule has 1 aliphatic rings. The molecule has 1 amide bonds. The van der Waals surface area contributed by atoms with Gasteiger partial charge in [0, 0.05) is 18.9 Å². The van der Waals surface area contributed by atoms with Crippen molar-refractivity contribution < 1.29 is 19.4 Å². The third-order valence-electron chi connectivity index (χ3n) is 3.97. The molecule has 3 rings (SSSR count). The molecule has 0 radical (unpaired) electrons. The van der Waals surface area contributed by atoms with Gasteiger partial charge in [0.2, 0.25) is 5.75 Å². The first-order valence-electron chi connectivity index (χ1n) is 8.44. The number of methoxy groups -OCH3 is 2. The van der Waals surface area contributed by atoms with Crippen molar-refractivity contribution in [3.63, 3.8) is 0 Å². The van der Waals surface area contributed by atoms with Gasteiger partial charge in [-0.3, -0.25) is 14.7 Å². The summed E-state index contributed by atoms with van der Waals surface area (Å²) in [7, 11) is 2.88. The van der Waals surface area contributed by atoms with Gasteiger partial charge in [-0.05, 0) is 41.6 Å². The van der Waals surface area contributed by atoms with E-state index in [1.54, 1.807) is 36.5 Å². The van der Waals surface area contributed by atoms with Gasteiger partial charge in [-0.15, -0.1) is 6.58 Å². The number of amides is 1. The van der Waals surface area contributed by atoms with Crippen LogP contribution in [-0.4, -0.2) is 46.8 Å². The number of phenols is 1. The number of rotatable bonds is 6. The molecule has 1 aromatic carbocycles. The predicted molar refractivity (Wildman–Crippen MR) is 115 cm³/mol. The zero-order valence-corrected chi connectivity index (χ0v) is 17.3. The number of hydrogen-bond acceptors (Lipinski definition) is 7. The lowest BCUT2D eigenvalue weighted by molar-refractivity contribution is -0.121. The Bertz CT molecular complexity index is 998. The average Bonchev–Trinajstić information content (AvgIpc) is 3.00. The molecular weight excluding hydrogens is 414 g/mol.